The third kappa shape index (κ3) is 1.87. The van der Waals surface area contributed by atoms with E-state index in [1.165, 1.54) is 5.56 Å². The minimum absolute atomic E-state index is 0.551. The van der Waals surface area contributed by atoms with Crippen molar-refractivity contribution in [2.24, 2.45) is 0 Å². The van der Waals surface area contributed by atoms with E-state index in [0.717, 1.165) is 37.2 Å². The number of rotatable bonds is 3. The van der Waals surface area contributed by atoms with E-state index < -0.39 is 0 Å². The molecule has 0 unspecified atom stereocenters. The Hall–Kier alpha value is -1.94. The zero-order chi connectivity index (χ0) is 11.7. The van der Waals surface area contributed by atoms with Crippen LogP contribution in [0.25, 0.3) is 0 Å². The smallest absolute Gasteiger partial charge is 0.170 e. The fourth-order valence-corrected chi connectivity index (χ4v) is 2.28. The lowest BCUT2D eigenvalue weighted by Gasteiger charge is -2.14. The van der Waals surface area contributed by atoms with E-state index in [2.05, 4.69) is 27.2 Å². The first-order valence-electron chi connectivity index (χ1n) is 5.64. The van der Waals surface area contributed by atoms with Crippen LogP contribution in [0.4, 0.5) is 0 Å². The van der Waals surface area contributed by atoms with Crippen LogP contribution in [0.3, 0.4) is 0 Å². The Morgan fingerprint density at radius 1 is 1.29 bits per heavy atom. The van der Waals surface area contributed by atoms with Crippen LogP contribution in [0.15, 0.2) is 30.3 Å². The number of nitrogens with one attached hydrogen (secondary N) is 1. The first kappa shape index (κ1) is 10.2. The van der Waals surface area contributed by atoms with Crippen molar-refractivity contribution in [3.63, 3.8) is 0 Å². The van der Waals surface area contributed by atoms with Gasteiger partial charge in [0.2, 0.25) is 0 Å². The maximum atomic E-state index is 10.8. The monoisotopic (exact) mass is 227 g/mol. The molecule has 0 radical (unpaired) electrons. The van der Waals surface area contributed by atoms with Crippen LogP contribution in [-0.2, 0) is 19.6 Å². The molecule has 1 aromatic heterocycles. The van der Waals surface area contributed by atoms with Crippen molar-refractivity contribution >= 4 is 6.29 Å². The molecule has 0 saturated carbocycles. The molecular formula is C13H13N3O. The summed E-state index contributed by atoms with van der Waals surface area (Å²) >= 11 is 0. The first-order chi connectivity index (χ1) is 8.36. The van der Waals surface area contributed by atoms with Gasteiger partial charge in [-0.25, -0.2) is 0 Å². The number of aromatic amines is 1. The van der Waals surface area contributed by atoms with Crippen LogP contribution in [0.5, 0.6) is 0 Å². The normalized spacial score (nSPS) is 14.8. The quantitative estimate of drug-likeness (QED) is 0.812. The number of hydrogen-bond donors (Lipinski definition) is 1. The molecule has 0 bridgehead atoms. The van der Waals surface area contributed by atoms with Gasteiger partial charge in [0.1, 0.15) is 5.69 Å². The Kier molecular flexibility index (Phi) is 2.49. The Morgan fingerprint density at radius 3 is 2.88 bits per heavy atom. The van der Waals surface area contributed by atoms with Gasteiger partial charge in [-0.2, -0.15) is 5.10 Å². The number of carbonyl (C=O) groups excluding carboxylic acids is 1. The number of aromatic nitrogens is 2. The van der Waals surface area contributed by atoms with Crippen LogP contribution >= 0.6 is 0 Å². The molecule has 0 spiro atoms. The third-order valence-corrected chi connectivity index (χ3v) is 3.11. The van der Waals surface area contributed by atoms with Gasteiger partial charge in [0.05, 0.1) is 5.69 Å². The van der Waals surface area contributed by atoms with Crippen molar-refractivity contribution in [2.75, 3.05) is 0 Å². The highest BCUT2D eigenvalue weighted by Gasteiger charge is 2.24. The molecule has 17 heavy (non-hydrogen) atoms. The number of H-pyrrole nitrogens is 1. The molecule has 3 rings (SSSR count). The van der Waals surface area contributed by atoms with Gasteiger partial charge in [0.15, 0.2) is 6.29 Å². The standard InChI is InChI=1S/C13H13N3O/c17-9-13-11-7-16(8-12(11)14-15-13)6-10-4-2-1-3-5-10/h1-5,9H,6-8H2,(H,14,15). The van der Waals surface area contributed by atoms with Crippen LogP contribution in [0, 0.1) is 0 Å². The number of hydrogen-bond acceptors (Lipinski definition) is 3. The van der Waals surface area contributed by atoms with Crippen molar-refractivity contribution < 1.29 is 4.79 Å². The minimum atomic E-state index is 0.551. The van der Waals surface area contributed by atoms with E-state index in [4.69, 9.17) is 0 Å². The van der Waals surface area contributed by atoms with Crippen LogP contribution in [-0.4, -0.2) is 21.4 Å². The average Bonchev–Trinajstić information content (AvgIpc) is 2.89. The fourth-order valence-electron chi connectivity index (χ4n) is 2.28. The number of aldehydes is 1. The molecule has 2 aromatic rings. The summed E-state index contributed by atoms with van der Waals surface area (Å²) in [4.78, 5) is 13.1. The topological polar surface area (TPSA) is 49.0 Å². The second-order valence-electron chi connectivity index (χ2n) is 4.31. The molecule has 1 aromatic carbocycles. The molecule has 86 valence electrons. The third-order valence-electron chi connectivity index (χ3n) is 3.11. The van der Waals surface area contributed by atoms with Gasteiger partial charge in [-0.3, -0.25) is 14.8 Å². The van der Waals surface area contributed by atoms with Gasteiger partial charge in [0.25, 0.3) is 0 Å². The summed E-state index contributed by atoms with van der Waals surface area (Å²) in [5, 5.41) is 6.91. The maximum Gasteiger partial charge on any atom is 0.170 e. The van der Waals surface area contributed by atoms with Crippen molar-refractivity contribution in [1.29, 1.82) is 0 Å². The number of benzene rings is 1. The average molecular weight is 227 g/mol. The molecule has 0 fully saturated rings. The van der Waals surface area contributed by atoms with E-state index in [1.807, 2.05) is 18.2 Å². The van der Waals surface area contributed by atoms with Gasteiger partial charge in [-0.1, -0.05) is 30.3 Å². The molecule has 0 atom stereocenters. The molecule has 2 heterocycles. The van der Waals surface area contributed by atoms with Gasteiger partial charge >= 0.3 is 0 Å². The number of fused-ring (bicyclic) bond motifs is 1. The van der Waals surface area contributed by atoms with Gasteiger partial charge in [-0.05, 0) is 5.56 Å². The van der Waals surface area contributed by atoms with E-state index in [1.54, 1.807) is 0 Å². The molecule has 0 saturated heterocycles. The Balaban J connectivity index is 1.74. The largest absolute Gasteiger partial charge is 0.296 e. The highest BCUT2D eigenvalue weighted by Crippen LogP contribution is 2.24. The molecule has 4 nitrogen and oxygen atoms in total. The van der Waals surface area contributed by atoms with Gasteiger partial charge < -0.3 is 0 Å². The van der Waals surface area contributed by atoms with Crippen molar-refractivity contribution in [2.45, 2.75) is 19.6 Å². The molecule has 1 aliphatic rings. The summed E-state index contributed by atoms with van der Waals surface area (Å²) in [6, 6.07) is 10.3. The fraction of sp³-hybridized carbons (Fsp3) is 0.231. The highest BCUT2D eigenvalue weighted by atomic mass is 16.1. The predicted octanol–water partition coefficient (Wildman–Crippen LogP) is 1.74. The second kappa shape index (κ2) is 4.14. The van der Waals surface area contributed by atoms with E-state index in [9.17, 15) is 4.79 Å². The summed E-state index contributed by atoms with van der Waals surface area (Å²) in [5.74, 6) is 0. The lowest BCUT2D eigenvalue weighted by Crippen LogP contribution is -2.16. The lowest BCUT2D eigenvalue weighted by atomic mass is 10.2. The molecule has 0 amide bonds. The number of carbonyl (C=O) groups is 1. The number of nitrogens with zero attached hydrogens (tertiary/aromatic N) is 2. The Bertz CT molecular complexity index is 533. The summed E-state index contributed by atoms with van der Waals surface area (Å²) in [6.07, 6.45) is 0.821. The zero-order valence-electron chi connectivity index (χ0n) is 9.39. The molecule has 0 aliphatic carbocycles. The summed E-state index contributed by atoms with van der Waals surface area (Å²) in [6.45, 7) is 2.54. The Morgan fingerprint density at radius 2 is 2.12 bits per heavy atom. The predicted molar refractivity (Wildman–Crippen MR) is 63.4 cm³/mol. The molecular weight excluding hydrogens is 214 g/mol. The molecule has 1 N–H and O–H groups in total. The molecule has 4 heteroatoms. The van der Waals surface area contributed by atoms with E-state index >= 15 is 0 Å². The van der Waals surface area contributed by atoms with E-state index in [0.29, 0.717) is 5.69 Å². The first-order valence-corrected chi connectivity index (χ1v) is 5.64. The van der Waals surface area contributed by atoms with Crippen LogP contribution in [0.1, 0.15) is 27.3 Å². The SMILES string of the molecule is O=Cc1n[nH]c2c1CN(Cc1ccccc1)C2. The van der Waals surface area contributed by atoms with Crippen LogP contribution < -0.4 is 0 Å². The maximum absolute atomic E-state index is 10.8. The minimum Gasteiger partial charge on any atom is -0.296 e. The highest BCUT2D eigenvalue weighted by molar-refractivity contribution is 5.74. The Labute approximate surface area is 99.3 Å². The summed E-state index contributed by atoms with van der Waals surface area (Å²) in [5.41, 5.74) is 3.97. The van der Waals surface area contributed by atoms with Crippen molar-refractivity contribution in [3.8, 4) is 0 Å². The van der Waals surface area contributed by atoms with E-state index in [-0.39, 0.29) is 0 Å². The molecule has 1 aliphatic heterocycles. The van der Waals surface area contributed by atoms with Gasteiger partial charge in [0, 0.05) is 25.2 Å². The lowest BCUT2D eigenvalue weighted by molar-refractivity contribution is 0.111. The van der Waals surface area contributed by atoms with Crippen molar-refractivity contribution in [3.05, 3.63) is 52.8 Å². The zero-order valence-corrected chi connectivity index (χ0v) is 9.39. The second-order valence-corrected chi connectivity index (χ2v) is 4.31. The van der Waals surface area contributed by atoms with Crippen molar-refractivity contribution in [1.82, 2.24) is 15.1 Å². The summed E-state index contributed by atoms with van der Waals surface area (Å²) < 4.78 is 0. The summed E-state index contributed by atoms with van der Waals surface area (Å²) in [7, 11) is 0. The van der Waals surface area contributed by atoms with Crippen LogP contribution in [0.2, 0.25) is 0 Å². The van der Waals surface area contributed by atoms with Gasteiger partial charge in [-0.15, -0.1) is 0 Å².